The second kappa shape index (κ2) is 8.57. The second-order valence-corrected chi connectivity index (χ2v) is 7.29. The standard InChI is InChI=1S/C18H21NO6S/c1-24-14-10-11-17(25-2)16(13-14)19(12-6-9-18(20)21)26(22,23)15-7-4-3-5-8-15/h3-5,7-8,10-11,13H,6,9,12H2,1-2H3,(H,20,21). The fourth-order valence-electron chi connectivity index (χ4n) is 2.46. The van der Waals surface area contributed by atoms with Gasteiger partial charge in [-0.2, -0.15) is 0 Å². The predicted octanol–water partition coefficient (Wildman–Crippen LogP) is 2.76. The molecular weight excluding hydrogens is 358 g/mol. The van der Waals surface area contributed by atoms with Crippen LogP contribution in [0.4, 0.5) is 5.69 Å². The summed E-state index contributed by atoms with van der Waals surface area (Å²) in [4.78, 5) is 11.0. The van der Waals surface area contributed by atoms with Gasteiger partial charge in [0.2, 0.25) is 0 Å². The Hall–Kier alpha value is -2.74. The molecule has 7 nitrogen and oxygen atoms in total. The Balaban J connectivity index is 2.53. The van der Waals surface area contributed by atoms with Gasteiger partial charge in [-0.3, -0.25) is 9.10 Å². The van der Waals surface area contributed by atoms with Gasteiger partial charge in [0.1, 0.15) is 11.5 Å². The Labute approximate surface area is 152 Å². The first-order valence-electron chi connectivity index (χ1n) is 7.91. The van der Waals surface area contributed by atoms with Crippen LogP contribution < -0.4 is 13.8 Å². The van der Waals surface area contributed by atoms with E-state index in [0.29, 0.717) is 17.2 Å². The molecular formula is C18H21NO6S. The fourth-order valence-corrected chi connectivity index (χ4v) is 3.98. The number of rotatable bonds is 9. The molecule has 2 aromatic carbocycles. The van der Waals surface area contributed by atoms with Crippen molar-refractivity contribution in [2.45, 2.75) is 17.7 Å². The molecule has 2 aromatic rings. The quantitative estimate of drug-likeness (QED) is 0.720. The summed E-state index contributed by atoms with van der Waals surface area (Å²) in [5, 5.41) is 8.89. The third kappa shape index (κ3) is 4.45. The fraction of sp³-hybridized carbons (Fsp3) is 0.278. The lowest BCUT2D eigenvalue weighted by Crippen LogP contribution is -2.32. The lowest BCUT2D eigenvalue weighted by molar-refractivity contribution is -0.137. The van der Waals surface area contributed by atoms with E-state index in [2.05, 4.69) is 0 Å². The molecule has 8 heteroatoms. The summed E-state index contributed by atoms with van der Waals surface area (Å²) in [6.07, 6.45) is 0.00878. The molecule has 0 aliphatic heterocycles. The molecule has 2 rings (SSSR count). The van der Waals surface area contributed by atoms with E-state index >= 15 is 0 Å². The molecule has 0 amide bonds. The van der Waals surface area contributed by atoms with Crippen molar-refractivity contribution < 1.29 is 27.8 Å². The summed E-state index contributed by atoms with van der Waals surface area (Å²) in [7, 11) is -0.986. The number of carboxylic acid groups (broad SMARTS) is 1. The van der Waals surface area contributed by atoms with Gasteiger partial charge >= 0.3 is 5.97 Å². The SMILES string of the molecule is COc1ccc(OC)c(N(CCCC(=O)O)S(=O)(=O)c2ccccc2)c1. The van der Waals surface area contributed by atoms with Gasteiger partial charge in [0.05, 0.1) is 24.8 Å². The second-order valence-electron chi connectivity index (χ2n) is 5.43. The normalized spacial score (nSPS) is 11.0. The number of benzene rings is 2. The summed E-state index contributed by atoms with van der Waals surface area (Å²) in [6, 6.07) is 12.8. The topological polar surface area (TPSA) is 93.1 Å². The summed E-state index contributed by atoms with van der Waals surface area (Å²) in [6.45, 7) is -0.00689. The monoisotopic (exact) mass is 379 g/mol. The zero-order chi connectivity index (χ0) is 19.2. The summed E-state index contributed by atoms with van der Waals surface area (Å²) >= 11 is 0. The van der Waals surface area contributed by atoms with Crippen molar-refractivity contribution >= 4 is 21.7 Å². The van der Waals surface area contributed by atoms with Crippen LogP contribution in [0.1, 0.15) is 12.8 Å². The Bertz CT molecular complexity index is 851. The number of hydrogen-bond donors (Lipinski definition) is 1. The molecule has 0 atom stereocenters. The highest BCUT2D eigenvalue weighted by molar-refractivity contribution is 7.92. The van der Waals surface area contributed by atoms with Crippen LogP contribution in [0, 0.1) is 0 Å². The first-order chi connectivity index (χ1) is 12.4. The van der Waals surface area contributed by atoms with Crippen molar-refractivity contribution in [3.8, 4) is 11.5 Å². The van der Waals surface area contributed by atoms with Gasteiger partial charge < -0.3 is 14.6 Å². The van der Waals surface area contributed by atoms with Crippen LogP contribution in [0.3, 0.4) is 0 Å². The van der Waals surface area contributed by atoms with E-state index in [1.165, 1.54) is 26.4 Å². The maximum absolute atomic E-state index is 13.2. The Kier molecular flexibility index (Phi) is 6.46. The van der Waals surface area contributed by atoms with Crippen molar-refractivity contribution in [2.75, 3.05) is 25.1 Å². The van der Waals surface area contributed by atoms with Crippen molar-refractivity contribution in [1.82, 2.24) is 0 Å². The van der Waals surface area contributed by atoms with Gasteiger partial charge in [-0.05, 0) is 30.7 Å². The van der Waals surface area contributed by atoms with Gasteiger partial charge in [-0.25, -0.2) is 8.42 Å². The zero-order valence-electron chi connectivity index (χ0n) is 14.6. The lowest BCUT2D eigenvalue weighted by atomic mass is 10.2. The minimum atomic E-state index is -3.90. The number of carbonyl (C=O) groups is 1. The van der Waals surface area contributed by atoms with Crippen LogP contribution in [0.5, 0.6) is 11.5 Å². The minimum absolute atomic E-state index is 0.00689. The van der Waals surface area contributed by atoms with Crippen LogP contribution in [-0.4, -0.2) is 40.3 Å². The molecule has 26 heavy (non-hydrogen) atoms. The molecule has 0 saturated heterocycles. The molecule has 0 aliphatic rings. The van der Waals surface area contributed by atoms with Gasteiger partial charge in [0, 0.05) is 19.0 Å². The predicted molar refractivity (Wildman–Crippen MR) is 97.4 cm³/mol. The number of aliphatic carboxylic acids is 1. The smallest absolute Gasteiger partial charge is 0.303 e. The molecule has 0 saturated carbocycles. The van der Waals surface area contributed by atoms with E-state index < -0.39 is 16.0 Å². The van der Waals surface area contributed by atoms with Gasteiger partial charge in [0.25, 0.3) is 10.0 Å². The highest BCUT2D eigenvalue weighted by Crippen LogP contribution is 2.35. The van der Waals surface area contributed by atoms with Crippen molar-refractivity contribution in [2.24, 2.45) is 0 Å². The highest BCUT2D eigenvalue weighted by atomic mass is 32.2. The average molecular weight is 379 g/mol. The maximum Gasteiger partial charge on any atom is 0.303 e. The van der Waals surface area contributed by atoms with E-state index in [9.17, 15) is 13.2 Å². The Morgan fingerprint density at radius 1 is 1.08 bits per heavy atom. The molecule has 0 heterocycles. The number of ether oxygens (including phenoxy) is 2. The van der Waals surface area contributed by atoms with Crippen molar-refractivity contribution in [3.05, 3.63) is 48.5 Å². The lowest BCUT2D eigenvalue weighted by Gasteiger charge is -2.26. The highest BCUT2D eigenvalue weighted by Gasteiger charge is 2.27. The molecule has 140 valence electrons. The minimum Gasteiger partial charge on any atom is -0.497 e. The number of carboxylic acids is 1. The van der Waals surface area contributed by atoms with Gasteiger partial charge in [-0.1, -0.05) is 18.2 Å². The molecule has 0 aromatic heterocycles. The molecule has 1 N–H and O–H groups in total. The number of nitrogens with zero attached hydrogens (tertiary/aromatic N) is 1. The van der Waals surface area contributed by atoms with Crippen LogP contribution in [0.25, 0.3) is 0 Å². The van der Waals surface area contributed by atoms with Crippen LogP contribution in [0.2, 0.25) is 0 Å². The first kappa shape index (κ1) is 19.6. The maximum atomic E-state index is 13.2. The Morgan fingerprint density at radius 2 is 1.77 bits per heavy atom. The molecule has 0 spiro atoms. The van der Waals surface area contributed by atoms with E-state index in [4.69, 9.17) is 14.6 Å². The van der Waals surface area contributed by atoms with Crippen LogP contribution in [-0.2, 0) is 14.8 Å². The molecule has 0 bridgehead atoms. The zero-order valence-corrected chi connectivity index (χ0v) is 15.4. The van der Waals surface area contributed by atoms with E-state index in [1.54, 1.807) is 36.4 Å². The third-order valence-electron chi connectivity index (χ3n) is 3.74. The van der Waals surface area contributed by atoms with Crippen molar-refractivity contribution in [3.63, 3.8) is 0 Å². The summed E-state index contributed by atoms with van der Waals surface area (Å²) < 4.78 is 38.0. The number of anilines is 1. The van der Waals surface area contributed by atoms with E-state index in [-0.39, 0.29) is 24.3 Å². The molecule has 0 fully saturated rings. The number of hydrogen-bond acceptors (Lipinski definition) is 5. The largest absolute Gasteiger partial charge is 0.497 e. The van der Waals surface area contributed by atoms with E-state index in [1.807, 2.05) is 0 Å². The Morgan fingerprint density at radius 3 is 2.35 bits per heavy atom. The number of methoxy groups -OCH3 is 2. The molecule has 0 unspecified atom stereocenters. The molecule has 0 aliphatic carbocycles. The van der Waals surface area contributed by atoms with Crippen LogP contribution in [0.15, 0.2) is 53.4 Å². The molecule has 0 radical (unpaired) electrons. The summed E-state index contributed by atoms with van der Waals surface area (Å²) in [5.74, 6) is -0.174. The average Bonchev–Trinajstić information content (AvgIpc) is 2.65. The third-order valence-corrected chi connectivity index (χ3v) is 5.57. The van der Waals surface area contributed by atoms with Crippen LogP contribution >= 0.6 is 0 Å². The van der Waals surface area contributed by atoms with Gasteiger partial charge in [0.15, 0.2) is 0 Å². The van der Waals surface area contributed by atoms with Gasteiger partial charge in [-0.15, -0.1) is 0 Å². The number of sulfonamides is 1. The summed E-state index contributed by atoms with van der Waals surface area (Å²) in [5.41, 5.74) is 0.293. The first-order valence-corrected chi connectivity index (χ1v) is 9.35. The van der Waals surface area contributed by atoms with E-state index in [0.717, 1.165) is 4.31 Å². The van der Waals surface area contributed by atoms with Crippen molar-refractivity contribution in [1.29, 1.82) is 0 Å².